The third kappa shape index (κ3) is 5.45. The number of imide groups is 1. The number of anilines is 1. The van der Waals surface area contributed by atoms with E-state index in [0.29, 0.717) is 22.9 Å². The van der Waals surface area contributed by atoms with Gasteiger partial charge in [-0.1, -0.05) is 26.8 Å². The zero-order valence-corrected chi connectivity index (χ0v) is 20.2. The van der Waals surface area contributed by atoms with Crippen molar-refractivity contribution in [3.05, 3.63) is 48.0 Å². The molecule has 0 N–H and O–H groups in total. The summed E-state index contributed by atoms with van der Waals surface area (Å²) in [4.78, 5) is 53.5. The predicted octanol–water partition coefficient (Wildman–Crippen LogP) is 3.44. The van der Waals surface area contributed by atoms with E-state index < -0.39 is 23.8 Å². The van der Waals surface area contributed by atoms with Crippen molar-refractivity contribution in [1.82, 2.24) is 4.90 Å². The SMILES string of the molecule is CC(=O)Oc1ccc(N2C(=O)CC(N(Cc3ccc4c(c3)OCO4)C(=O)CC(C)(C)C)C2=O)cc1. The Morgan fingerprint density at radius 2 is 1.74 bits per heavy atom. The Kier molecular flexibility index (Phi) is 6.51. The number of amides is 3. The van der Waals surface area contributed by atoms with E-state index in [-0.39, 0.29) is 37.5 Å². The van der Waals surface area contributed by atoms with E-state index in [4.69, 9.17) is 14.2 Å². The first kappa shape index (κ1) is 24.3. The number of esters is 1. The summed E-state index contributed by atoms with van der Waals surface area (Å²) in [5.41, 5.74) is 0.813. The molecule has 0 saturated carbocycles. The van der Waals surface area contributed by atoms with E-state index in [9.17, 15) is 19.2 Å². The van der Waals surface area contributed by atoms with Crippen LogP contribution in [0.25, 0.3) is 0 Å². The van der Waals surface area contributed by atoms with Crippen molar-refractivity contribution >= 4 is 29.4 Å². The van der Waals surface area contributed by atoms with Gasteiger partial charge in [-0.25, -0.2) is 4.90 Å². The summed E-state index contributed by atoms with van der Waals surface area (Å²) in [5, 5.41) is 0. The van der Waals surface area contributed by atoms with Gasteiger partial charge in [0.15, 0.2) is 11.5 Å². The summed E-state index contributed by atoms with van der Waals surface area (Å²) < 4.78 is 15.8. The zero-order chi connectivity index (χ0) is 25.3. The van der Waals surface area contributed by atoms with Crippen molar-refractivity contribution in [3.63, 3.8) is 0 Å². The fraction of sp³-hybridized carbons (Fsp3) is 0.385. The highest BCUT2D eigenvalue weighted by Crippen LogP contribution is 2.34. The van der Waals surface area contributed by atoms with Crippen LogP contribution in [0.4, 0.5) is 5.69 Å². The van der Waals surface area contributed by atoms with Crippen molar-refractivity contribution in [1.29, 1.82) is 0 Å². The van der Waals surface area contributed by atoms with E-state index in [0.717, 1.165) is 10.5 Å². The van der Waals surface area contributed by atoms with Gasteiger partial charge in [0.25, 0.3) is 5.91 Å². The second-order valence-electron chi connectivity index (χ2n) is 9.82. The molecule has 1 unspecified atom stereocenters. The maximum atomic E-state index is 13.4. The number of hydrogen-bond acceptors (Lipinski definition) is 7. The maximum Gasteiger partial charge on any atom is 0.308 e. The van der Waals surface area contributed by atoms with Crippen LogP contribution >= 0.6 is 0 Å². The quantitative estimate of drug-likeness (QED) is 0.355. The van der Waals surface area contributed by atoms with E-state index >= 15 is 0 Å². The average molecular weight is 481 g/mol. The molecule has 0 aliphatic carbocycles. The summed E-state index contributed by atoms with van der Waals surface area (Å²) in [6.45, 7) is 7.41. The summed E-state index contributed by atoms with van der Waals surface area (Å²) in [6, 6.07) is 10.5. The van der Waals surface area contributed by atoms with E-state index in [1.165, 1.54) is 36.1 Å². The number of fused-ring (bicyclic) bond motifs is 1. The first-order valence-electron chi connectivity index (χ1n) is 11.3. The predicted molar refractivity (Wildman–Crippen MR) is 126 cm³/mol. The van der Waals surface area contributed by atoms with Crippen LogP contribution < -0.4 is 19.1 Å². The van der Waals surface area contributed by atoms with Gasteiger partial charge in [0.05, 0.1) is 12.1 Å². The lowest BCUT2D eigenvalue weighted by Crippen LogP contribution is -2.46. The molecule has 184 valence electrons. The van der Waals surface area contributed by atoms with Gasteiger partial charge in [-0.05, 0) is 47.4 Å². The van der Waals surface area contributed by atoms with Gasteiger partial charge < -0.3 is 19.1 Å². The number of rotatable bonds is 6. The average Bonchev–Trinajstić information content (AvgIpc) is 3.34. The number of carbonyl (C=O) groups is 4. The first-order chi connectivity index (χ1) is 16.5. The Balaban J connectivity index is 1.60. The number of ether oxygens (including phenoxy) is 3. The second-order valence-corrected chi connectivity index (χ2v) is 9.82. The van der Waals surface area contributed by atoms with Crippen LogP contribution in [0.2, 0.25) is 0 Å². The Hall–Kier alpha value is -3.88. The molecule has 35 heavy (non-hydrogen) atoms. The number of carbonyl (C=O) groups excluding carboxylic acids is 4. The van der Waals surface area contributed by atoms with E-state index in [1.54, 1.807) is 12.1 Å². The molecule has 2 aromatic rings. The van der Waals surface area contributed by atoms with Crippen LogP contribution in [0.15, 0.2) is 42.5 Å². The third-order valence-corrected chi connectivity index (χ3v) is 5.65. The van der Waals surface area contributed by atoms with Crippen LogP contribution in [0.3, 0.4) is 0 Å². The second kappa shape index (κ2) is 9.40. The highest BCUT2D eigenvalue weighted by Gasteiger charge is 2.44. The smallest absolute Gasteiger partial charge is 0.308 e. The number of hydrogen-bond donors (Lipinski definition) is 0. The Labute approximate surface area is 203 Å². The van der Waals surface area contributed by atoms with Crippen LogP contribution in [-0.4, -0.2) is 41.4 Å². The molecular weight excluding hydrogens is 452 g/mol. The van der Waals surface area contributed by atoms with Gasteiger partial charge in [-0.3, -0.25) is 19.2 Å². The minimum atomic E-state index is -0.934. The lowest BCUT2D eigenvalue weighted by atomic mass is 9.91. The zero-order valence-electron chi connectivity index (χ0n) is 20.2. The van der Waals surface area contributed by atoms with Crippen LogP contribution in [0, 0.1) is 5.41 Å². The summed E-state index contributed by atoms with van der Waals surface area (Å²) >= 11 is 0. The lowest BCUT2D eigenvalue weighted by molar-refractivity contribution is -0.140. The van der Waals surface area contributed by atoms with Crippen LogP contribution in [0.1, 0.15) is 46.1 Å². The maximum absolute atomic E-state index is 13.4. The van der Waals surface area contributed by atoms with Crippen molar-refractivity contribution in [2.24, 2.45) is 5.41 Å². The van der Waals surface area contributed by atoms with Gasteiger partial charge in [0, 0.05) is 19.9 Å². The Bertz CT molecular complexity index is 1170. The molecule has 0 radical (unpaired) electrons. The summed E-state index contributed by atoms with van der Waals surface area (Å²) in [6.07, 6.45) is 0.0948. The molecule has 9 heteroatoms. The van der Waals surface area contributed by atoms with E-state index in [2.05, 4.69) is 0 Å². The molecule has 0 bridgehead atoms. The minimum absolute atomic E-state index is 0.120. The molecule has 3 amide bonds. The molecule has 2 heterocycles. The van der Waals surface area contributed by atoms with Gasteiger partial charge in [0.1, 0.15) is 11.8 Å². The fourth-order valence-electron chi connectivity index (χ4n) is 4.12. The lowest BCUT2D eigenvalue weighted by Gasteiger charge is -2.30. The molecule has 2 aliphatic rings. The topological polar surface area (TPSA) is 102 Å². The monoisotopic (exact) mass is 480 g/mol. The molecule has 2 aliphatic heterocycles. The molecule has 0 spiro atoms. The fourth-order valence-corrected chi connectivity index (χ4v) is 4.12. The summed E-state index contributed by atoms with van der Waals surface area (Å²) in [7, 11) is 0. The highest BCUT2D eigenvalue weighted by molar-refractivity contribution is 6.23. The molecule has 1 fully saturated rings. The number of benzene rings is 2. The molecule has 0 aromatic heterocycles. The minimum Gasteiger partial charge on any atom is -0.454 e. The van der Waals surface area contributed by atoms with Gasteiger partial charge in [-0.2, -0.15) is 0 Å². The summed E-state index contributed by atoms with van der Waals surface area (Å²) in [5.74, 6) is -0.0544. The van der Waals surface area contributed by atoms with Crippen molar-refractivity contribution in [2.75, 3.05) is 11.7 Å². The van der Waals surface area contributed by atoms with Crippen LogP contribution in [0.5, 0.6) is 17.2 Å². The standard InChI is InChI=1S/C26H28N2O7/c1-16(29)35-19-8-6-18(7-9-19)28-23(30)12-20(25(28)32)27(24(31)13-26(2,3)4)14-17-5-10-21-22(11-17)34-15-33-21/h5-11,20H,12-15H2,1-4H3. The molecule has 1 atom stereocenters. The van der Waals surface area contributed by atoms with Gasteiger partial charge in [-0.15, -0.1) is 0 Å². The van der Waals surface area contributed by atoms with Gasteiger partial charge in [0.2, 0.25) is 18.6 Å². The Morgan fingerprint density at radius 1 is 1.06 bits per heavy atom. The highest BCUT2D eigenvalue weighted by atomic mass is 16.7. The Morgan fingerprint density at radius 3 is 2.40 bits per heavy atom. The molecule has 2 aromatic carbocycles. The largest absolute Gasteiger partial charge is 0.454 e. The van der Waals surface area contributed by atoms with E-state index in [1.807, 2.05) is 26.8 Å². The first-order valence-corrected chi connectivity index (χ1v) is 11.3. The third-order valence-electron chi connectivity index (χ3n) is 5.65. The molecule has 4 rings (SSSR count). The van der Waals surface area contributed by atoms with Crippen LogP contribution in [-0.2, 0) is 25.7 Å². The van der Waals surface area contributed by atoms with Crippen molar-refractivity contribution in [3.8, 4) is 17.2 Å². The number of nitrogens with zero attached hydrogens (tertiary/aromatic N) is 2. The van der Waals surface area contributed by atoms with Crippen molar-refractivity contribution in [2.45, 2.75) is 53.1 Å². The van der Waals surface area contributed by atoms with Gasteiger partial charge >= 0.3 is 5.97 Å². The van der Waals surface area contributed by atoms with Crippen molar-refractivity contribution < 1.29 is 33.4 Å². The molecule has 1 saturated heterocycles. The molecular formula is C26H28N2O7. The molecule has 9 nitrogen and oxygen atoms in total. The normalized spacial score (nSPS) is 17.0.